The Labute approximate surface area is 227 Å². The van der Waals surface area contributed by atoms with Gasteiger partial charge in [0, 0.05) is 36.3 Å². The molecule has 8 heteroatoms. The van der Waals surface area contributed by atoms with E-state index in [1.807, 2.05) is 42.2 Å². The average molecular weight is 525 g/mol. The Kier molecular flexibility index (Phi) is 6.62. The summed E-state index contributed by atoms with van der Waals surface area (Å²) in [7, 11) is 1.84. The predicted octanol–water partition coefficient (Wildman–Crippen LogP) is 5.02. The molecule has 2 aliphatic carbocycles. The number of nitrogens with zero attached hydrogens (tertiary/aromatic N) is 4. The van der Waals surface area contributed by atoms with Crippen LogP contribution in [0.25, 0.3) is 11.3 Å². The summed E-state index contributed by atoms with van der Waals surface area (Å²) in [5.41, 5.74) is 7.40. The van der Waals surface area contributed by atoms with E-state index < -0.39 is 0 Å². The summed E-state index contributed by atoms with van der Waals surface area (Å²) < 4.78 is 17.6. The number of benzene rings is 2. The van der Waals surface area contributed by atoms with Crippen LogP contribution in [0.4, 0.5) is 4.39 Å². The standard InChI is InChI=1S/C31H33FN6O/c1-19-13-22(9-10-26(19)32)28(21-7-8-21)36-30(39)24-15-20(17-38-12-11-37(2)31(38)33)14-23(16-24)29-25-5-3-4-6-27(25)34-18-35-29/h9-16,18,21,28,33H,3-8,17H2,1-2H3,(H,36,39). The zero-order chi connectivity index (χ0) is 27.1. The van der Waals surface area contributed by atoms with Crippen LogP contribution in [0, 0.1) is 24.1 Å². The van der Waals surface area contributed by atoms with Crippen molar-refractivity contribution in [3.63, 3.8) is 0 Å². The van der Waals surface area contributed by atoms with Crippen LogP contribution in [0.3, 0.4) is 0 Å². The second-order valence-corrected chi connectivity index (χ2v) is 10.9. The normalized spacial score (nSPS) is 15.6. The second-order valence-electron chi connectivity index (χ2n) is 10.9. The lowest BCUT2D eigenvalue weighted by molar-refractivity contribution is 0.0931. The van der Waals surface area contributed by atoms with E-state index in [2.05, 4.69) is 21.4 Å². The molecule has 0 bridgehead atoms. The van der Waals surface area contributed by atoms with Crippen molar-refractivity contribution in [2.24, 2.45) is 13.0 Å². The average Bonchev–Trinajstić information content (AvgIpc) is 3.75. The third-order valence-electron chi connectivity index (χ3n) is 8.00. The summed E-state index contributed by atoms with van der Waals surface area (Å²) in [6, 6.07) is 10.9. The maximum absolute atomic E-state index is 14.0. The van der Waals surface area contributed by atoms with Gasteiger partial charge in [-0.25, -0.2) is 14.4 Å². The molecule has 1 atom stereocenters. The number of amides is 1. The molecule has 0 spiro atoms. The molecular formula is C31H33FN6O. The number of imidazole rings is 1. The molecule has 7 nitrogen and oxygen atoms in total. The highest BCUT2D eigenvalue weighted by molar-refractivity contribution is 5.96. The number of hydrogen-bond donors (Lipinski definition) is 2. The first-order valence-electron chi connectivity index (χ1n) is 13.7. The molecular weight excluding hydrogens is 491 g/mol. The Morgan fingerprint density at radius 1 is 1.13 bits per heavy atom. The van der Waals surface area contributed by atoms with Crippen molar-refractivity contribution in [2.75, 3.05) is 0 Å². The number of carbonyl (C=O) groups is 1. The summed E-state index contributed by atoms with van der Waals surface area (Å²) in [5.74, 6) is -0.0533. The van der Waals surface area contributed by atoms with E-state index in [0.717, 1.165) is 66.6 Å². The quantitative estimate of drug-likeness (QED) is 0.356. The van der Waals surface area contributed by atoms with Crippen molar-refractivity contribution in [2.45, 2.75) is 58.0 Å². The zero-order valence-electron chi connectivity index (χ0n) is 22.4. The van der Waals surface area contributed by atoms with Gasteiger partial charge in [0.15, 0.2) is 0 Å². The van der Waals surface area contributed by atoms with Gasteiger partial charge in [0.2, 0.25) is 5.62 Å². The Morgan fingerprint density at radius 3 is 2.69 bits per heavy atom. The number of aromatic nitrogens is 4. The number of aryl methyl sites for hydroxylation is 3. The zero-order valence-corrected chi connectivity index (χ0v) is 22.4. The minimum Gasteiger partial charge on any atom is -0.345 e. The fourth-order valence-electron chi connectivity index (χ4n) is 5.66. The minimum atomic E-state index is -0.239. The van der Waals surface area contributed by atoms with Crippen LogP contribution in [0.1, 0.15) is 70.0 Å². The Hall–Kier alpha value is -4.07. The Morgan fingerprint density at radius 2 is 1.95 bits per heavy atom. The van der Waals surface area contributed by atoms with Gasteiger partial charge in [-0.05, 0) is 97.9 Å². The van der Waals surface area contributed by atoms with Crippen molar-refractivity contribution in [3.8, 4) is 11.3 Å². The molecule has 2 aromatic heterocycles. The Balaban J connectivity index is 1.39. The SMILES string of the molecule is Cc1cc(C(NC(=O)c2cc(Cn3ccn(C)c3=N)cc(-c3ncnc4c3CCCC4)c2)C2CC2)ccc1F. The number of nitrogens with one attached hydrogen (secondary N) is 2. The Bertz CT molecular complexity index is 1620. The van der Waals surface area contributed by atoms with Crippen LogP contribution in [0.2, 0.25) is 0 Å². The molecule has 0 saturated heterocycles. The van der Waals surface area contributed by atoms with Gasteiger partial charge in [0.1, 0.15) is 12.1 Å². The van der Waals surface area contributed by atoms with E-state index in [-0.39, 0.29) is 17.8 Å². The van der Waals surface area contributed by atoms with E-state index in [1.165, 1.54) is 11.6 Å². The topological polar surface area (TPSA) is 88.6 Å². The van der Waals surface area contributed by atoms with Gasteiger partial charge in [0.05, 0.1) is 18.3 Å². The number of halogens is 1. The molecule has 0 radical (unpaired) electrons. The summed E-state index contributed by atoms with van der Waals surface area (Å²) in [6.07, 6.45) is 11.5. The lowest BCUT2D eigenvalue weighted by Crippen LogP contribution is -2.30. The van der Waals surface area contributed by atoms with E-state index in [4.69, 9.17) is 5.41 Å². The maximum Gasteiger partial charge on any atom is 0.251 e. The van der Waals surface area contributed by atoms with Gasteiger partial charge in [-0.2, -0.15) is 0 Å². The fourth-order valence-corrected chi connectivity index (χ4v) is 5.66. The van der Waals surface area contributed by atoms with E-state index in [1.54, 1.807) is 23.9 Å². The second kappa shape index (κ2) is 10.2. The van der Waals surface area contributed by atoms with Crippen molar-refractivity contribution in [3.05, 3.63) is 100 Å². The van der Waals surface area contributed by atoms with Crippen LogP contribution >= 0.6 is 0 Å². The van der Waals surface area contributed by atoms with Crippen LogP contribution in [0.5, 0.6) is 0 Å². The van der Waals surface area contributed by atoms with Crippen LogP contribution in [0.15, 0.2) is 55.1 Å². The summed E-state index contributed by atoms with van der Waals surface area (Å²) in [6.45, 7) is 2.22. The van der Waals surface area contributed by atoms with Crippen molar-refractivity contribution >= 4 is 5.91 Å². The van der Waals surface area contributed by atoms with Crippen molar-refractivity contribution in [1.29, 1.82) is 5.41 Å². The largest absolute Gasteiger partial charge is 0.345 e. The highest BCUT2D eigenvalue weighted by Crippen LogP contribution is 2.41. The molecule has 4 aromatic rings. The molecule has 2 heterocycles. The first-order valence-corrected chi connectivity index (χ1v) is 13.7. The molecule has 2 aromatic carbocycles. The van der Waals surface area contributed by atoms with Gasteiger partial charge >= 0.3 is 0 Å². The molecule has 6 rings (SSSR count). The third-order valence-corrected chi connectivity index (χ3v) is 8.00. The molecule has 1 saturated carbocycles. The lowest BCUT2D eigenvalue weighted by Gasteiger charge is -2.21. The van der Waals surface area contributed by atoms with Crippen molar-refractivity contribution < 1.29 is 9.18 Å². The summed E-state index contributed by atoms with van der Waals surface area (Å²) in [4.78, 5) is 23.0. The van der Waals surface area contributed by atoms with Gasteiger partial charge in [-0.1, -0.05) is 12.1 Å². The predicted molar refractivity (Wildman–Crippen MR) is 147 cm³/mol. The highest BCUT2D eigenvalue weighted by Gasteiger charge is 2.34. The van der Waals surface area contributed by atoms with E-state index in [9.17, 15) is 9.18 Å². The van der Waals surface area contributed by atoms with Gasteiger partial charge < -0.3 is 14.5 Å². The summed E-state index contributed by atoms with van der Waals surface area (Å²) in [5, 5.41) is 11.6. The van der Waals surface area contributed by atoms with E-state index >= 15 is 0 Å². The molecule has 1 unspecified atom stereocenters. The van der Waals surface area contributed by atoms with Gasteiger partial charge in [-0.15, -0.1) is 0 Å². The van der Waals surface area contributed by atoms with Crippen LogP contribution < -0.4 is 10.9 Å². The van der Waals surface area contributed by atoms with Gasteiger partial charge in [-0.3, -0.25) is 10.2 Å². The smallest absolute Gasteiger partial charge is 0.251 e. The third kappa shape index (κ3) is 5.15. The fraction of sp³-hybridized carbons (Fsp3) is 0.355. The molecule has 2 N–H and O–H groups in total. The minimum absolute atomic E-state index is 0.163. The first kappa shape index (κ1) is 25.2. The number of fused-ring (bicyclic) bond motifs is 1. The lowest BCUT2D eigenvalue weighted by atomic mass is 9.91. The monoisotopic (exact) mass is 524 g/mol. The van der Waals surface area contributed by atoms with Crippen molar-refractivity contribution in [1.82, 2.24) is 24.4 Å². The van der Waals surface area contributed by atoms with E-state index in [0.29, 0.717) is 29.2 Å². The highest BCUT2D eigenvalue weighted by atomic mass is 19.1. The summed E-state index contributed by atoms with van der Waals surface area (Å²) >= 11 is 0. The van der Waals surface area contributed by atoms with Crippen LogP contribution in [-0.2, 0) is 26.4 Å². The van der Waals surface area contributed by atoms with Crippen LogP contribution in [-0.4, -0.2) is 25.0 Å². The maximum atomic E-state index is 14.0. The molecule has 200 valence electrons. The molecule has 2 aliphatic rings. The number of hydrogen-bond acceptors (Lipinski definition) is 4. The first-order chi connectivity index (χ1) is 18.9. The number of carbonyl (C=O) groups excluding carboxylic acids is 1. The molecule has 1 fully saturated rings. The number of rotatable bonds is 7. The molecule has 39 heavy (non-hydrogen) atoms. The molecule has 1 amide bonds. The molecule has 0 aliphatic heterocycles. The van der Waals surface area contributed by atoms with Gasteiger partial charge in [0.25, 0.3) is 5.91 Å².